The van der Waals surface area contributed by atoms with Gasteiger partial charge in [0.05, 0.1) is 7.11 Å². The molecule has 0 unspecified atom stereocenters. The van der Waals surface area contributed by atoms with Crippen molar-refractivity contribution in [3.63, 3.8) is 0 Å². The van der Waals surface area contributed by atoms with Crippen LogP contribution in [-0.2, 0) is 10.0 Å². The Morgan fingerprint density at radius 2 is 2.21 bits per heavy atom. The molecule has 1 heterocycles. The van der Waals surface area contributed by atoms with Crippen molar-refractivity contribution in [3.05, 3.63) is 22.7 Å². The number of halogens is 1. The van der Waals surface area contributed by atoms with Crippen molar-refractivity contribution >= 4 is 26.0 Å². The Bertz CT molecular complexity index is 556. The summed E-state index contributed by atoms with van der Waals surface area (Å²) in [5.41, 5.74) is 0. The molecule has 1 aliphatic rings. The molecule has 5 nitrogen and oxygen atoms in total. The fourth-order valence-corrected chi connectivity index (χ4v) is 4.23. The number of ether oxygens (including phenoxy) is 1. The number of hydrogen-bond acceptors (Lipinski definition) is 4. The number of likely N-dealkylation sites (N-methyl/N-ethyl adjacent to an activating group) is 1. The third kappa shape index (κ3) is 2.94. The number of nitrogens with zero attached hydrogens (tertiary/aromatic N) is 1. The molecule has 7 heteroatoms. The normalized spacial score (nSPS) is 19.9. The molecule has 1 aromatic rings. The van der Waals surface area contributed by atoms with E-state index >= 15 is 0 Å². The molecule has 19 heavy (non-hydrogen) atoms. The maximum absolute atomic E-state index is 12.6. The highest BCUT2D eigenvalue weighted by molar-refractivity contribution is 9.10. The Hall–Kier alpha value is -0.630. The molecule has 0 amide bonds. The van der Waals surface area contributed by atoms with E-state index in [1.807, 2.05) is 0 Å². The second kappa shape index (κ2) is 5.78. The molecule has 1 aliphatic heterocycles. The zero-order valence-electron chi connectivity index (χ0n) is 10.9. The minimum Gasteiger partial charge on any atom is -0.495 e. The zero-order valence-corrected chi connectivity index (χ0v) is 13.3. The minimum absolute atomic E-state index is 0.00584. The topological polar surface area (TPSA) is 58.6 Å². The van der Waals surface area contributed by atoms with Crippen molar-refractivity contribution in [1.29, 1.82) is 0 Å². The molecule has 0 aliphatic carbocycles. The van der Waals surface area contributed by atoms with Crippen LogP contribution in [0.15, 0.2) is 27.6 Å². The van der Waals surface area contributed by atoms with Gasteiger partial charge in [0.15, 0.2) is 0 Å². The van der Waals surface area contributed by atoms with Crippen LogP contribution < -0.4 is 10.1 Å². The first-order valence-corrected chi connectivity index (χ1v) is 8.22. The van der Waals surface area contributed by atoms with Gasteiger partial charge in [-0.3, -0.25) is 0 Å². The van der Waals surface area contributed by atoms with Crippen LogP contribution in [-0.4, -0.2) is 46.0 Å². The summed E-state index contributed by atoms with van der Waals surface area (Å²) < 4.78 is 32.6. The summed E-state index contributed by atoms with van der Waals surface area (Å²) in [6, 6.07) is 4.98. The molecule has 0 aromatic heterocycles. The lowest BCUT2D eigenvalue weighted by atomic mass is 10.3. The van der Waals surface area contributed by atoms with Crippen LogP contribution in [0.3, 0.4) is 0 Å². The summed E-state index contributed by atoms with van der Waals surface area (Å²) in [5, 5.41) is 3.17. The molecule has 0 bridgehead atoms. The monoisotopic (exact) mass is 348 g/mol. The van der Waals surface area contributed by atoms with Gasteiger partial charge in [0.1, 0.15) is 10.6 Å². The average Bonchev–Trinajstić information content (AvgIpc) is 2.91. The molecule has 0 spiro atoms. The first kappa shape index (κ1) is 14.8. The number of rotatable bonds is 4. The fraction of sp³-hybridized carbons (Fsp3) is 0.500. The van der Waals surface area contributed by atoms with Gasteiger partial charge in [-0.15, -0.1) is 0 Å². The lowest BCUT2D eigenvalue weighted by molar-refractivity contribution is 0.376. The Balaban J connectivity index is 2.40. The van der Waals surface area contributed by atoms with Crippen LogP contribution in [0.1, 0.15) is 6.42 Å². The van der Waals surface area contributed by atoms with Crippen LogP contribution in [0.2, 0.25) is 0 Å². The highest BCUT2D eigenvalue weighted by Gasteiger charge is 2.32. The number of nitrogens with one attached hydrogen (secondary N) is 1. The highest BCUT2D eigenvalue weighted by Crippen LogP contribution is 2.30. The summed E-state index contributed by atoms with van der Waals surface area (Å²) in [6.07, 6.45) is 0.825. The van der Waals surface area contributed by atoms with Gasteiger partial charge in [-0.1, -0.05) is 15.9 Å². The van der Waals surface area contributed by atoms with Crippen molar-refractivity contribution in [2.75, 3.05) is 27.2 Å². The highest BCUT2D eigenvalue weighted by atomic mass is 79.9. The molecule has 1 N–H and O–H groups in total. The van der Waals surface area contributed by atoms with E-state index in [2.05, 4.69) is 21.2 Å². The van der Waals surface area contributed by atoms with E-state index in [9.17, 15) is 8.42 Å². The maximum atomic E-state index is 12.6. The Morgan fingerprint density at radius 1 is 1.47 bits per heavy atom. The molecule has 0 saturated carbocycles. The van der Waals surface area contributed by atoms with Crippen molar-refractivity contribution in [3.8, 4) is 5.75 Å². The maximum Gasteiger partial charge on any atom is 0.246 e. The number of hydrogen-bond donors (Lipinski definition) is 1. The lowest BCUT2D eigenvalue weighted by Gasteiger charge is -2.24. The van der Waals surface area contributed by atoms with Gasteiger partial charge < -0.3 is 10.1 Å². The third-order valence-electron chi connectivity index (χ3n) is 3.33. The Morgan fingerprint density at radius 3 is 2.79 bits per heavy atom. The summed E-state index contributed by atoms with van der Waals surface area (Å²) in [6.45, 7) is 1.53. The number of benzene rings is 1. The van der Waals surface area contributed by atoms with Gasteiger partial charge in [0, 0.05) is 24.1 Å². The van der Waals surface area contributed by atoms with Gasteiger partial charge >= 0.3 is 0 Å². The summed E-state index contributed by atoms with van der Waals surface area (Å²) in [7, 11) is -0.459. The summed E-state index contributed by atoms with van der Waals surface area (Å²) >= 11 is 3.30. The molecular weight excluding hydrogens is 332 g/mol. The van der Waals surface area contributed by atoms with Crippen LogP contribution >= 0.6 is 15.9 Å². The molecule has 1 aromatic carbocycles. The minimum atomic E-state index is -3.55. The van der Waals surface area contributed by atoms with Crippen LogP contribution in [0.25, 0.3) is 0 Å². The van der Waals surface area contributed by atoms with E-state index < -0.39 is 10.0 Å². The van der Waals surface area contributed by atoms with E-state index in [-0.39, 0.29) is 10.9 Å². The lowest BCUT2D eigenvalue weighted by Crippen LogP contribution is -2.38. The Kier molecular flexibility index (Phi) is 4.50. The molecule has 1 atom stereocenters. The molecule has 1 fully saturated rings. The summed E-state index contributed by atoms with van der Waals surface area (Å²) in [4.78, 5) is 0.193. The van der Waals surface area contributed by atoms with Crippen molar-refractivity contribution < 1.29 is 13.2 Å². The van der Waals surface area contributed by atoms with Gasteiger partial charge in [0.25, 0.3) is 0 Å². The molecule has 1 saturated heterocycles. The SMILES string of the molecule is COc1ccc(Br)cc1S(=O)(=O)N(C)[C@@H]1CCNC1. The second-order valence-electron chi connectivity index (χ2n) is 4.46. The van der Waals surface area contributed by atoms with Crippen LogP contribution in [0.4, 0.5) is 0 Å². The van der Waals surface area contributed by atoms with Crippen molar-refractivity contribution in [2.45, 2.75) is 17.4 Å². The van der Waals surface area contributed by atoms with E-state index in [0.29, 0.717) is 16.8 Å². The van der Waals surface area contributed by atoms with E-state index in [0.717, 1.165) is 13.0 Å². The molecular formula is C12H17BrN2O3S. The third-order valence-corrected chi connectivity index (χ3v) is 5.76. The Labute approximate surface area is 122 Å². The standard InChI is InChI=1S/C12H17BrN2O3S/c1-15(10-5-6-14-8-10)19(16,17)12-7-9(13)3-4-11(12)18-2/h3-4,7,10,14H,5-6,8H2,1-2H3/t10-/m1/s1. The predicted molar refractivity (Wildman–Crippen MR) is 76.9 cm³/mol. The predicted octanol–water partition coefficient (Wildman–Crippen LogP) is 1.44. The molecule has 106 valence electrons. The number of sulfonamides is 1. The number of methoxy groups -OCH3 is 1. The van der Waals surface area contributed by atoms with E-state index in [1.165, 1.54) is 11.4 Å². The molecule has 0 radical (unpaired) electrons. The average molecular weight is 349 g/mol. The quantitative estimate of drug-likeness (QED) is 0.894. The first-order valence-electron chi connectivity index (χ1n) is 5.99. The van der Waals surface area contributed by atoms with Crippen molar-refractivity contribution in [2.24, 2.45) is 0 Å². The van der Waals surface area contributed by atoms with Gasteiger partial charge in [-0.05, 0) is 31.2 Å². The van der Waals surface area contributed by atoms with Crippen molar-refractivity contribution in [1.82, 2.24) is 9.62 Å². The first-order chi connectivity index (χ1) is 8.96. The van der Waals surface area contributed by atoms with Gasteiger partial charge in [-0.25, -0.2) is 8.42 Å². The summed E-state index contributed by atoms with van der Waals surface area (Å²) in [5.74, 6) is 0.362. The van der Waals surface area contributed by atoms with Gasteiger partial charge in [0.2, 0.25) is 10.0 Å². The van der Waals surface area contributed by atoms with E-state index in [1.54, 1.807) is 25.2 Å². The van der Waals surface area contributed by atoms with Gasteiger partial charge in [-0.2, -0.15) is 4.31 Å². The van der Waals surface area contributed by atoms with Crippen LogP contribution in [0, 0.1) is 0 Å². The zero-order chi connectivity index (χ0) is 14.0. The van der Waals surface area contributed by atoms with Crippen LogP contribution in [0.5, 0.6) is 5.75 Å². The molecule has 2 rings (SSSR count). The second-order valence-corrected chi connectivity index (χ2v) is 7.34. The largest absolute Gasteiger partial charge is 0.495 e. The van der Waals surface area contributed by atoms with E-state index in [4.69, 9.17) is 4.74 Å². The fourth-order valence-electron chi connectivity index (χ4n) is 2.15. The smallest absolute Gasteiger partial charge is 0.246 e.